The van der Waals surface area contributed by atoms with Crippen LogP contribution in [0.1, 0.15) is 11.3 Å². The molecule has 124 valence electrons. The van der Waals surface area contributed by atoms with Gasteiger partial charge in [-0.05, 0) is 37.1 Å². The zero-order valence-electron chi connectivity index (χ0n) is 13.7. The average molecular weight is 342 g/mol. The van der Waals surface area contributed by atoms with E-state index in [1.807, 2.05) is 44.2 Å². The van der Waals surface area contributed by atoms with Gasteiger partial charge < -0.3 is 14.8 Å². The smallest absolute Gasteiger partial charge is 0.174 e. The Balaban J connectivity index is 2.10. The van der Waals surface area contributed by atoms with E-state index in [1.54, 1.807) is 13.2 Å². The largest absolute Gasteiger partial charge is 0.593 e. The number of nitrogen functional groups attached to an aromatic ring is 1. The third-order valence-corrected chi connectivity index (χ3v) is 4.78. The molecule has 0 fully saturated rings. The van der Waals surface area contributed by atoms with Crippen LogP contribution < -0.4 is 10.5 Å². The zero-order valence-corrected chi connectivity index (χ0v) is 14.5. The standard InChI is InChI=1S/C17H18N4O2S/c1-10-4-5-13(24(22)19-3)8-14(10)12-7-15(17(18)20-9-12)16-6-11(2)21-23-16/h4-9,19H,1-3H3,(H2,18,20). The van der Waals surface area contributed by atoms with Gasteiger partial charge in [0, 0.05) is 30.9 Å². The second-order valence-corrected chi connectivity index (χ2v) is 6.86. The molecule has 0 radical (unpaired) electrons. The summed E-state index contributed by atoms with van der Waals surface area (Å²) in [6, 6.07) is 9.41. The van der Waals surface area contributed by atoms with Crippen LogP contribution in [-0.4, -0.2) is 21.7 Å². The second kappa shape index (κ2) is 6.64. The minimum atomic E-state index is -1.25. The Morgan fingerprint density at radius 1 is 1.17 bits per heavy atom. The van der Waals surface area contributed by atoms with Gasteiger partial charge in [-0.25, -0.2) is 4.98 Å². The number of benzene rings is 1. The van der Waals surface area contributed by atoms with Crippen LogP contribution in [0.3, 0.4) is 0 Å². The van der Waals surface area contributed by atoms with E-state index >= 15 is 0 Å². The van der Waals surface area contributed by atoms with Crippen molar-refractivity contribution in [3.05, 3.63) is 47.8 Å². The quantitative estimate of drug-likeness (QED) is 0.707. The predicted molar refractivity (Wildman–Crippen MR) is 94.5 cm³/mol. The number of anilines is 1. The van der Waals surface area contributed by atoms with E-state index in [0.29, 0.717) is 22.0 Å². The molecule has 2 heterocycles. The lowest BCUT2D eigenvalue weighted by Crippen LogP contribution is -2.18. The van der Waals surface area contributed by atoms with E-state index in [1.165, 1.54) is 0 Å². The third-order valence-electron chi connectivity index (χ3n) is 3.73. The number of nitrogens with zero attached hydrogens (tertiary/aromatic N) is 2. The molecule has 2 aromatic heterocycles. The van der Waals surface area contributed by atoms with E-state index in [-0.39, 0.29) is 0 Å². The second-order valence-electron chi connectivity index (χ2n) is 5.44. The van der Waals surface area contributed by atoms with E-state index < -0.39 is 11.4 Å². The fourth-order valence-electron chi connectivity index (χ4n) is 2.46. The van der Waals surface area contributed by atoms with E-state index in [0.717, 1.165) is 22.4 Å². The summed E-state index contributed by atoms with van der Waals surface area (Å²) in [4.78, 5) is 4.98. The predicted octanol–water partition coefficient (Wildman–Crippen LogP) is 2.84. The van der Waals surface area contributed by atoms with Crippen LogP contribution in [-0.2, 0) is 11.4 Å². The summed E-state index contributed by atoms with van der Waals surface area (Å²) in [5, 5.41) is 3.90. The highest BCUT2D eigenvalue weighted by Gasteiger charge is 2.15. The SMILES string of the molecule is CN[S+]([O-])c1ccc(C)c(-c2cnc(N)c(-c3cc(C)no3)c2)c1. The molecule has 1 unspecified atom stereocenters. The minimum absolute atomic E-state index is 0.377. The lowest BCUT2D eigenvalue weighted by Gasteiger charge is -2.12. The molecule has 1 atom stereocenters. The lowest BCUT2D eigenvalue weighted by atomic mass is 10.00. The fraction of sp³-hybridized carbons (Fsp3) is 0.176. The van der Waals surface area contributed by atoms with Crippen molar-refractivity contribution in [3.8, 4) is 22.5 Å². The van der Waals surface area contributed by atoms with Crippen LogP contribution in [0, 0.1) is 13.8 Å². The van der Waals surface area contributed by atoms with Crippen LogP contribution in [0.5, 0.6) is 0 Å². The third kappa shape index (κ3) is 3.14. The fourth-order valence-corrected chi connectivity index (χ4v) is 3.11. The first-order valence-corrected chi connectivity index (χ1v) is 8.54. The van der Waals surface area contributed by atoms with Crippen molar-refractivity contribution in [2.24, 2.45) is 0 Å². The molecule has 0 spiro atoms. The molecule has 6 nitrogen and oxygen atoms in total. The number of pyridine rings is 1. The molecular weight excluding hydrogens is 324 g/mol. The molecule has 24 heavy (non-hydrogen) atoms. The Kier molecular flexibility index (Phi) is 4.57. The van der Waals surface area contributed by atoms with Gasteiger partial charge in [-0.15, -0.1) is 4.72 Å². The summed E-state index contributed by atoms with van der Waals surface area (Å²) in [6.45, 7) is 3.84. The number of nitrogens with two attached hydrogens (primary N) is 1. The first-order chi connectivity index (χ1) is 11.5. The van der Waals surface area contributed by atoms with Crippen molar-refractivity contribution in [1.82, 2.24) is 14.9 Å². The molecule has 0 saturated carbocycles. The van der Waals surface area contributed by atoms with E-state index in [9.17, 15) is 4.55 Å². The summed E-state index contributed by atoms with van der Waals surface area (Å²) in [5.74, 6) is 0.953. The van der Waals surface area contributed by atoms with Crippen molar-refractivity contribution >= 4 is 17.2 Å². The lowest BCUT2D eigenvalue weighted by molar-refractivity contribution is 0.427. The van der Waals surface area contributed by atoms with Gasteiger partial charge in [-0.2, -0.15) is 0 Å². The zero-order chi connectivity index (χ0) is 17.3. The summed E-state index contributed by atoms with van der Waals surface area (Å²) in [6.07, 6.45) is 1.70. The van der Waals surface area contributed by atoms with Gasteiger partial charge in [-0.1, -0.05) is 11.2 Å². The molecule has 0 saturated heterocycles. The highest BCUT2D eigenvalue weighted by molar-refractivity contribution is 7.89. The summed E-state index contributed by atoms with van der Waals surface area (Å²) < 4.78 is 20.0. The van der Waals surface area contributed by atoms with Crippen LogP contribution >= 0.6 is 0 Å². The normalized spacial score (nSPS) is 12.3. The number of rotatable bonds is 4. The van der Waals surface area contributed by atoms with Crippen molar-refractivity contribution in [2.45, 2.75) is 18.7 Å². The van der Waals surface area contributed by atoms with Gasteiger partial charge in [-0.3, -0.25) is 0 Å². The molecule has 0 aliphatic rings. The monoisotopic (exact) mass is 342 g/mol. The number of hydrogen-bond acceptors (Lipinski definition) is 6. The highest BCUT2D eigenvalue weighted by Crippen LogP contribution is 2.32. The molecule has 7 heteroatoms. The molecule has 3 aromatic rings. The first-order valence-electron chi connectivity index (χ1n) is 7.39. The summed E-state index contributed by atoms with van der Waals surface area (Å²) in [5.41, 5.74) is 10.3. The molecule has 0 aliphatic heterocycles. The number of aryl methyl sites for hydroxylation is 2. The average Bonchev–Trinajstić information content (AvgIpc) is 3.01. The minimum Gasteiger partial charge on any atom is -0.593 e. The maximum Gasteiger partial charge on any atom is 0.174 e. The molecule has 1 aromatic carbocycles. The number of nitrogens with one attached hydrogen (secondary N) is 1. The molecule has 0 bridgehead atoms. The maximum absolute atomic E-state index is 12.0. The topological polar surface area (TPSA) is 100 Å². The van der Waals surface area contributed by atoms with Gasteiger partial charge >= 0.3 is 0 Å². The molecule has 3 N–H and O–H groups in total. The van der Waals surface area contributed by atoms with Crippen molar-refractivity contribution < 1.29 is 9.08 Å². The van der Waals surface area contributed by atoms with Crippen LogP contribution in [0.4, 0.5) is 5.82 Å². The van der Waals surface area contributed by atoms with Gasteiger partial charge in [0.25, 0.3) is 0 Å². The van der Waals surface area contributed by atoms with Crippen molar-refractivity contribution in [1.29, 1.82) is 0 Å². The van der Waals surface area contributed by atoms with Crippen molar-refractivity contribution in [3.63, 3.8) is 0 Å². The molecule has 3 rings (SSSR count). The van der Waals surface area contributed by atoms with E-state index in [4.69, 9.17) is 10.3 Å². The molecular formula is C17H18N4O2S. The Morgan fingerprint density at radius 3 is 2.62 bits per heavy atom. The van der Waals surface area contributed by atoms with Gasteiger partial charge in [0.15, 0.2) is 10.7 Å². The van der Waals surface area contributed by atoms with Gasteiger partial charge in [0.1, 0.15) is 5.82 Å². The van der Waals surface area contributed by atoms with Gasteiger partial charge in [0.2, 0.25) is 0 Å². The Hall–Kier alpha value is -2.35. The Labute approximate surface area is 143 Å². The maximum atomic E-state index is 12.0. The van der Waals surface area contributed by atoms with Crippen LogP contribution in [0.25, 0.3) is 22.5 Å². The summed E-state index contributed by atoms with van der Waals surface area (Å²) in [7, 11) is 1.66. The molecule has 0 amide bonds. The van der Waals surface area contributed by atoms with Crippen LogP contribution in [0.2, 0.25) is 0 Å². The van der Waals surface area contributed by atoms with Crippen LogP contribution in [0.15, 0.2) is 45.9 Å². The first kappa shape index (κ1) is 16.5. The van der Waals surface area contributed by atoms with E-state index in [2.05, 4.69) is 14.9 Å². The van der Waals surface area contributed by atoms with Gasteiger partial charge in [0.05, 0.1) is 22.6 Å². The number of hydrogen-bond donors (Lipinski definition) is 2. The Bertz CT molecular complexity index is 879. The highest BCUT2D eigenvalue weighted by atomic mass is 32.2. The Morgan fingerprint density at radius 2 is 1.96 bits per heavy atom. The number of aromatic nitrogens is 2. The summed E-state index contributed by atoms with van der Waals surface area (Å²) >= 11 is -1.25. The molecule has 0 aliphatic carbocycles. The van der Waals surface area contributed by atoms with Crippen molar-refractivity contribution in [2.75, 3.05) is 12.8 Å².